The summed E-state index contributed by atoms with van der Waals surface area (Å²) in [6, 6.07) is 12.3. The lowest BCUT2D eigenvalue weighted by atomic mass is 10.1. The van der Waals surface area contributed by atoms with Crippen LogP contribution in [0.25, 0.3) is 16.6 Å². The maximum absolute atomic E-state index is 13.7. The number of piperazine rings is 1. The van der Waals surface area contributed by atoms with Crippen LogP contribution in [-0.2, 0) is 11.3 Å². The van der Waals surface area contributed by atoms with Gasteiger partial charge in [-0.2, -0.15) is 0 Å². The molecule has 5 rings (SSSR count). The maximum atomic E-state index is 13.7. The van der Waals surface area contributed by atoms with Crippen molar-refractivity contribution in [2.75, 3.05) is 37.7 Å². The van der Waals surface area contributed by atoms with Gasteiger partial charge in [-0.3, -0.25) is 24.4 Å². The van der Waals surface area contributed by atoms with E-state index in [0.717, 1.165) is 0 Å². The van der Waals surface area contributed by atoms with Gasteiger partial charge >= 0.3 is 5.97 Å². The second-order valence-electron chi connectivity index (χ2n) is 8.71. The number of nitro benzene ring substituents is 1. The zero-order chi connectivity index (χ0) is 26.6. The molecule has 0 aliphatic carbocycles. The molecule has 0 radical (unpaired) electrons. The second-order valence-corrected chi connectivity index (χ2v) is 8.71. The first kappa shape index (κ1) is 25.0. The summed E-state index contributed by atoms with van der Waals surface area (Å²) in [7, 11) is 0. The second kappa shape index (κ2) is 10.7. The molecule has 0 N–H and O–H groups in total. The van der Waals surface area contributed by atoms with Gasteiger partial charge in [0.05, 0.1) is 40.2 Å². The minimum atomic E-state index is -0.540. The van der Waals surface area contributed by atoms with E-state index >= 15 is 0 Å². The van der Waals surface area contributed by atoms with Gasteiger partial charge in [-0.15, -0.1) is 0 Å². The minimum absolute atomic E-state index is 0.142. The minimum Gasteiger partial charge on any atom is -0.462 e. The number of anilines is 1. The van der Waals surface area contributed by atoms with Gasteiger partial charge in [0.25, 0.3) is 11.2 Å². The van der Waals surface area contributed by atoms with Crippen molar-refractivity contribution in [3.05, 3.63) is 92.8 Å². The first-order chi connectivity index (χ1) is 18.4. The number of ether oxygens (including phenoxy) is 1. The molecular weight excluding hydrogens is 490 g/mol. The fraction of sp³-hybridized carbons (Fsp3) is 0.269. The van der Waals surface area contributed by atoms with Gasteiger partial charge in [0, 0.05) is 50.7 Å². The van der Waals surface area contributed by atoms with Gasteiger partial charge in [0.1, 0.15) is 5.82 Å². The third-order valence-electron chi connectivity index (χ3n) is 6.34. The molecule has 12 nitrogen and oxygen atoms in total. The van der Waals surface area contributed by atoms with Crippen molar-refractivity contribution < 1.29 is 14.5 Å². The molecule has 1 fully saturated rings. The molecule has 0 atom stereocenters. The number of rotatable bonds is 7. The average molecular weight is 516 g/mol. The lowest BCUT2D eigenvalue weighted by Gasteiger charge is -2.34. The van der Waals surface area contributed by atoms with Gasteiger partial charge in [-0.05, 0) is 43.3 Å². The highest BCUT2D eigenvalue weighted by Gasteiger charge is 2.22. The zero-order valence-corrected chi connectivity index (χ0v) is 20.7. The number of hydrogen-bond acceptors (Lipinski definition) is 10. The number of nitro groups is 1. The van der Waals surface area contributed by atoms with Crippen LogP contribution in [0.1, 0.15) is 23.1 Å². The molecule has 194 valence electrons. The Morgan fingerprint density at radius 1 is 1.05 bits per heavy atom. The Hall–Kier alpha value is -4.71. The van der Waals surface area contributed by atoms with Crippen LogP contribution in [0.5, 0.6) is 0 Å². The first-order valence-electron chi connectivity index (χ1n) is 12.2. The number of nitrogens with zero attached hydrogens (tertiary/aromatic N) is 7. The number of benzene rings is 2. The summed E-state index contributed by atoms with van der Waals surface area (Å²) in [5.41, 5.74) is 0.622. The Morgan fingerprint density at radius 3 is 2.42 bits per heavy atom. The van der Waals surface area contributed by atoms with Crippen LogP contribution in [0.2, 0.25) is 0 Å². The quantitative estimate of drug-likeness (QED) is 0.205. The molecule has 4 aromatic rings. The normalized spacial score (nSPS) is 14.0. The van der Waals surface area contributed by atoms with Crippen LogP contribution >= 0.6 is 0 Å². The molecule has 38 heavy (non-hydrogen) atoms. The van der Waals surface area contributed by atoms with E-state index in [4.69, 9.17) is 9.72 Å². The van der Waals surface area contributed by atoms with Crippen LogP contribution in [0.15, 0.2) is 65.7 Å². The van der Waals surface area contributed by atoms with Crippen molar-refractivity contribution in [3.63, 3.8) is 0 Å². The van der Waals surface area contributed by atoms with E-state index in [1.165, 1.54) is 22.8 Å². The average Bonchev–Trinajstić information content (AvgIpc) is 2.94. The van der Waals surface area contributed by atoms with Crippen molar-refractivity contribution in [3.8, 4) is 5.69 Å². The molecule has 1 aliphatic rings. The van der Waals surface area contributed by atoms with Gasteiger partial charge in [0.2, 0.25) is 5.95 Å². The van der Waals surface area contributed by atoms with E-state index in [1.807, 2.05) is 0 Å². The SMILES string of the molecule is CCOC(=O)c1ccc(-n2c(CN3CCN(c4ncccn4)CC3)nc3ccc([N+](=O)[O-])cc3c2=O)cc1. The summed E-state index contributed by atoms with van der Waals surface area (Å²) in [5.74, 6) is 0.708. The van der Waals surface area contributed by atoms with E-state index < -0.39 is 16.5 Å². The topological polar surface area (TPSA) is 137 Å². The Labute approximate surface area is 217 Å². The number of carbonyl (C=O) groups is 1. The van der Waals surface area contributed by atoms with Crippen molar-refractivity contribution in [2.24, 2.45) is 0 Å². The van der Waals surface area contributed by atoms with Crippen molar-refractivity contribution >= 4 is 28.5 Å². The van der Waals surface area contributed by atoms with Crippen LogP contribution < -0.4 is 10.5 Å². The summed E-state index contributed by atoms with van der Waals surface area (Å²) in [6.07, 6.45) is 3.42. The van der Waals surface area contributed by atoms with Crippen molar-refractivity contribution in [2.45, 2.75) is 13.5 Å². The molecule has 1 aliphatic heterocycles. The van der Waals surface area contributed by atoms with Crippen LogP contribution in [0.4, 0.5) is 11.6 Å². The number of fused-ring (bicyclic) bond motifs is 1. The standard InChI is InChI=1S/C26H25N7O5/c1-2-38-25(35)18-4-6-19(7-5-18)32-23(29-22-9-8-20(33(36)37)16-21(22)24(32)34)17-30-12-14-31(15-13-30)26-27-10-3-11-28-26/h3-11,16H,2,12-15,17H2,1H3. The molecular formula is C26H25N7O5. The number of aromatic nitrogens is 4. The lowest BCUT2D eigenvalue weighted by molar-refractivity contribution is -0.384. The summed E-state index contributed by atoms with van der Waals surface area (Å²) in [4.78, 5) is 54.3. The monoisotopic (exact) mass is 515 g/mol. The number of non-ortho nitro benzene ring substituents is 1. The van der Waals surface area contributed by atoms with Crippen molar-refractivity contribution in [1.29, 1.82) is 0 Å². The highest BCUT2D eigenvalue weighted by Crippen LogP contribution is 2.21. The van der Waals surface area contributed by atoms with Crippen LogP contribution in [0.3, 0.4) is 0 Å². The van der Waals surface area contributed by atoms with Crippen LogP contribution in [0, 0.1) is 10.1 Å². The van der Waals surface area contributed by atoms with E-state index in [2.05, 4.69) is 19.8 Å². The molecule has 0 spiro atoms. The third-order valence-corrected chi connectivity index (χ3v) is 6.34. The molecule has 1 saturated heterocycles. The lowest BCUT2D eigenvalue weighted by Crippen LogP contribution is -2.47. The maximum Gasteiger partial charge on any atom is 0.338 e. The summed E-state index contributed by atoms with van der Waals surface area (Å²) < 4.78 is 6.50. The molecule has 12 heteroatoms. The number of carbonyl (C=O) groups excluding carboxylic acids is 1. The molecule has 0 unspecified atom stereocenters. The Morgan fingerprint density at radius 2 is 1.76 bits per heavy atom. The highest BCUT2D eigenvalue weighted by atomic mass is 16.6. The predicted octanol–water partition coefficient (Wildman–Crippen LogP) is 2.58. The zero-order valence-electron chi connectivity index (χ0n) is 20.7. The largest absolute Gasteiger partial charge is 0.462 e. The highest BCUT2D eigenvalue weighted by molar-refractivity contribution is 5.89. The predicted molar refractivity (Wildman–Crippen MR) is 139 cm³/mol. The van der Waals surface area contributed by atoms with Gasteiger partial charge in [-0.25, -0.2) is 19.7 Å². The number of esters is 1. The molecule has 0 amide bonds. The molecule has 3 heterocycles. The Bertz CT molecular complexity index is 1530. The first-order valence-corrected chi connectivity index (χ1v) is 12.2. The van der Waals surface area contributed by atoms with E-state index in [1.54, 1.807) is 49.6 Å². The summed E-state index contributed by atoms with van der Waals surface area (Å²) in [5, 5.41) is 11.5. The molecule has 0 bridgehead atoms. The van der Waals surface area contributed by atoms with Crippen molar-refractivity contribution in [1.82, 2.24) is 24.4 Å². The summed E-state index contributed by atoms with van der Waals surface area (Å²) >= 11 is 0. The van der Waals surface area contributed by atoms with Gasteiger partial charge in [0.15, 0.2) is 0 Å². The smallest absolute Gasteiger partial charge is 0.338 e. The Kier molecular flexibility index (Phi) is 7.05. The number of hydrogen-bond donors (Lipinski definition) is 0. The van der Waals surface area contributed by atoms with Gasteiger partial charge in [-0.1, -0.05) is 0 Å². The molecule has 2 aromatic heterocycles. The summed E-state index contributed by atoms with van der Waals surface area (Å²) in [6.45, 7) is 5.18. The fourth-order valence-electron chi connectivity index (χ4n) is 4.43. The van der Waals surface area contributed by atoms with Gasteiger partial charge < -0.3 is 9.64 Å². The molecule has 0 saturated carbocycles. The van der Waals surface area contributed by atoms with Crippen LogP contribution in [-0.4, -0.2) is 68.1 Å². The Balaban J connectivity index is 1.50. The molecule has 2 aromatic carbocycles. The van der Waals surface area contributed by atoms with E-state index in [-0.39, 0.29) is 17.7 Å². The van der Waals surface area contributed by atoms with E-state index in [9.17, 15) is 19.7 Å². The third kappa shape index (κ3) is 5.06. The fourth-order valence-corrected chi connectivity index (χ4v) is 4.43. The van der Waals surface area contributed by atoms with E-state index in [0.29, 0.717) is 61.3 Å².